The van der Waals surface area contributed by atoms with Crippen LogP contribution >= 0.6 is 0 Å². The van der Waals surface area contributed by atoms with Crippen molar-refractivity contribution in [3.63, 3.8) is 0 Å². The van der Waals surface area contributed by atoms with Gasteiger partial charge in [0.05, 0.1) is 6.61 Å². The predicted molar refractivity (Wildman–Crippen MR) is 97.0 cm³/mol. The van der Waals surface area contributed by atoms with Crippen molar-refractivity contribution < 1.29 is 32.0 Å². The number of urea groups is 1. The number of methoxy groups -OCH3 is 1. The molecule has 2 heterocycles. The van der Waals surface area contributed by atoms with Crippen molar-refractivity contribution in [2.24, 2.45) is 0 Å². The van der Waals surface area contributed by atoms with Gasteiger partial charge in [0, 0.05) is 38.9 Å². The number of nitrogens with one attached hydrogen (secondary N) is 1. The summed E-state index contributed by atoms with van der Waals surface area (Å²) in [6, 6.07) is 6.16. The third kappa shape index (κ3) is 5.26. The van der Waals surface area contributed by atoms with Crippen LogP contribution in [0.3, 0.4) is 0 Å². The average molecular weight is 427 g/mol. The van der Waals surface area contributed by atoms with Gasteiger partial charge in [-0.2, -0.15) is 18.2 Å². The lowest BCUT2D eigenvalue weighted by Gasteiger charge is -2.34. The number of alkyl halides is 3. The lowest BCUT2D eigenvalue weighted by Crippen LogP contribution is -2.54. The second kappa shape index (κ2) is 9.11. The molecule has 2 aromatic rings. The molecule has 1 aromatic heterocycles. The van der Waals surface area contributed by atoms with Gasteiger partial charge in [-0.15, -0.1) is 0 Å². The monoisotopic (exact) mass is 427 g/mol. The molecule has 1 fully saturated rings. The number of carbonyl (C=O) groups excluding carboxylic acids is 2. The van der Waals surface area contributed by atoms with Crippen molar-refractivity contribution in [1.82, 2.24) is 25.3 Å². The van der Waals surface area contributed by atoms with Gasteiger partial charge in [0.25, 0.3) is 0 Å². The van der Waals surface area contributed by atoms with Gasteiger partial charge in [-0.05, 0) is 5.56 Å². The van der Waals surface area contributed by atoms with E-state index in [0.717, 1.165) is 5.56 Å². The van der Waals surface area contributed by atoms with Crippen molar-refractivity contribution in [3.05, 3.63) is 35.7 Å². The summed E-state index contributed by atoms with van der Waals surface area (Å²) >= 11 is 0. The Kier molecular flexibility index (Phi) is 6.55. The number of piperazine rings is 1. The Morgan fingerprint density at radius 3 is 2.60 bits per heavy atom. The van der Waals surface area contributed by atoms with Gasteiger partial charge in [-0.1, -0.05) is 29.4 Å². The van der Waals surface area contributed by atoms with Crippen LogP contribution in [0.5, 0.6) is 0 Å². The first-order chi connectivity index (χ1) is 14.3. The molecule has 3 amide bonds. The minimum absolute atomic E-state index is 0.0278. The van der Waals surface area contributed by atoms with Crippen molar-refractivity contribution >= 4 is 11.9 Å². The number of nitrogens with zero attached hydrogens (tertiary/aromatic N) is 4. The molecule has 0 spiro atoms. The van der Waals surface area contributed by atoms with Crippen LogP contribution in [-0.4, -0.2) is 71.8 Å². The number of hydrogen-bond donors (Lipinski definition) is 1. The lowest BCUT2D eigenvalue weighted by atomic mass is 10.1. The summed E-state index contributed by atoms with van der Waals surface area (Å²) in [5.41, 5.74) is 1.14. The number of benzene rings is 1. The summed E-state index contributed by atoms with van der Waals surface area (Å²) in [4.78, 5) is 30.8. The van der Waals surface area contributed by atoms with Crippen LogP contribution < -0.4 is 5.32 Å². The van der Waals surface area contributed by atoms with Gasteiger partial charge in [0.2, 0.25) is 11.7 Å². The fourth-order valence-electron chi connectivity index (χ4n) is 2.86. The first kappa shape index (κ1) is 21.6. The maximum absolute atomic E-state index is 12.6. The number of rotatable bonds is 6. The van der Waals surface area contributed by atoms with Crippen LogP contribution in [0.15, 0.2) is 28.8 Å². The predicted octanol–water partition coefficient (Wildman–Crippen LogP) is 1.76. The minimum Gasteiger partial charge on any atom is -0.383 e. The number of amides is 3. The summed E-state index contributed by atoms with van der Waals surface area (Å²) in [7, 11) is 1.53. The molecule has 12 heteroatoms. The molecule has 162 valence electrons. The zero-order valence-corrected chi connectivity index (χ0v) is 16.1. The Morgan fingerprint density at radius 1 is 1.27 bits per heavy atom. The molecular formula is C18H20F3N5O4. The highest BCUT2D eigenvalue weighted by molar-refractivity contribution is 5.85. The summed E-state index contributed by atoms with van der Waals surface area (Å²) in [5, 5.41) is 6.01. The Balaban J connectivity index is 1.55. The summed E-state index contributed by atoms with van der Waals surface area (Å²) in [6.07, 6.45) is -4.70. The van der Waals surface area contributed by atoms with E-state index in [9.17, 15) is 22.8 Å². The van der Waals surface area contributed by atoms with E-state index in [1.54, 1.807) is 29.2 Å². The van der Waals surface area contributed by atoms with Crippen LogP contribution in [0.2, 0.25) is 0 Å². The van der Waals surface area contributed by atoms with E-state index in [0.29, 0.717) is 38.3 Å². The van der Waals surface area contributed by atoms with Crippen molar-refractivity contribution in [3.8, 4) is 11.4 Å². The molecule has 1 N–H and O–H groups in total. The van der Waals surface area contributed by atoms with E-state index in [1.165, 1.54) is 12.0 Å². The molecule has 0 aliphatic carbocycles. The van der Waals surface area contributed by atoms with Crippen LogP contribution in [0.4, 0.5) is 18.0 Å². The van der Waals surface area contributed by atoms with Gasteiger partial charge in [0.1, 0.15) is 6.54 Å². The summed E-state index contributed by atoms with van der Waals surface area (Å²) in [6.45, 7) is 1.81. The van der Waals surface area contributed by atoms with E-state index in [-0.39, 0.29) is 24.3 Å². The van der Waals surface area contributed by atoms with Crippen molar-refractivity contribution in [2.45, 2.75) is 12.7 Å². The highest BCUT2D eigenvalue weighted by Crippen LogP contribution is 2.29. The van der Waals surface area contributed by atoms with Gasteiger partial charge in [-0.3, -0.25) is 4.79 Å². The molecule has 1 aromatic carbocycles. The third-order valence-corrected chi connectivity index (χ3v) is 4.44. The molecule has 1 aliphatic heterocycles. The first-order valence-electron chi connectivity index (χ1n) is 9.07. The van der Waals surface area contributed by atoms with Gasteiger partial charge < -0.3 is 24.4 Å². The van der Waals surface area contributed by atoms with E-state index < -0.39 is 12.1 Å². The SMILES string of the molecule is COCCNC(=O)N1CCN(Cc2ccc(-c3noc(C(F)(F)F)n3)cc2)C(=O)C1. The van der Waals surface area contributed by atoms with E-state index in [4.69, 9.17) is 4.74 Å². The second-order valence-electron chi connectivity index (χ2n) is 6.58. The summed E-state index contributed by atoms with van der Waals surface area (Å²) < 4.78 is 46.8. The molecule has 30 heavy (non-hydrogen) atoms. The Labute approximate surface area is 169 Å². The van der Waals surface area contributed by atoms with E-state index in [2.05, 4.69) is 20.0 Å². The number of aromatic nitrogens is 2. The van der Waals surface area contributed by atoms with E-state index in [1.807, 2.05) is 0 Å². The topological polar surface area (TPSA) is 101 Å². The zero-order chi connectivity index (χ0) is 21.7. The number of ether oxygens (including phenoxy) is 1. The van der Waals surface area contributed by atoms with Crippen LogP contribution in [-0.2, 0) is 22.3 Å². The molecular weight excluding hydrogens is 407 g/mol. The highest BCUT2D eigenvalue weighted by Gasteiger charge is 2.38. The van der Waals surface area contributed by atoms with Gasteiger partial charge >= 0.3 is 18.1 Å². The molecule has 0 unspecified atom stereocenters. The largest absolute Gasteiger partial charge is 0.471 e. The third-order valence-electron chi connectivity index (χ3n) is 4.44. The van der Waals surface area contributed by atoms with Gasteiger partial charge in [-0.25, -0.2) is 4.79 Å². The normalized spacial score (nSPS) is 14.9. The maximum Gasteiger partial charge on any atom is 0.471 e. The second-order valence-corrected chi connectivity index (χ2v) is 6.58. The molecule has 0 saturated carbocycles. The fraction of sp³-hybridized carbons (Fsp3) is 0.444. The van der Waals surface area contributed by atoms with Crippen molar-refractivity contribution in [2.75, 3.05) is 39.9 Å². The molecule has 0 bridgehead atoms. The maximum atomic E-state index is 12.6. The number of hydrogen-bond acceptors (Lipinski definition) is 6. The molecule has 0 atom stereocenters. The zero-order valence-electron chi connectivity index (χ0n) is 16.1. The number of halogens is 3. The standard InChI is InChI=1S/C18H20F3N5O4/c1-29-9-6-22-17(28)26-8-7-25(14(27)11-26)10-12-2-4-13(5-3-12)15-23-16(30-24-15)18(19,20)21/h2-5H,6-11H2,1H3,(H,22,28). The quantitative estimate of drug-likeness (QED) is 0.705. The molecule has 3 rings (SSSR count). The molecule has 1 saturated heterocycles. The van der Waals surface area contributed by atoms with E-state index >= 15 is 0 Å². The Morgan fingerprint density at radius 2 is 2.00 bits per heavy atom. The van der Waals surface area contributed by atoms with Crippen LogP contribution in [0.25, 0.3) is 11.4 Å². The minimum atomic E-state index is -4.70. The molecule has 0 radical (unpaired) electrons. The van der Waals surface area contributed by atoms with Crippen LogP contribution in [0.1, 0.15) is 11.5 Å². The fourth-order valence-corrected chi connectivity index (χ4v) is 2.86. The number of carbonyl (C=O) groups is 2. The summed E-state index contributed by atoms with van der Waals surface area (Å²) in [5.74, 6) is -1.77. The Hall–Kier alpha value is -3.15. The molecule has 9 nitrogen and oxygen atoms in total. The first-order valence-corrected chi connectivity index (χ1v) is 9.07. The average Bonchev–Trinajstić information content (AvgIpc) is 3.21. The van der Waals surface area contributed by atoms with Crippen LogP contribution in [0, 0.1) is 0 Å². The Bertz CT molecular complexity index is 885. The highest BCUT2D eigenvalue weighted by atomic mass is 19.4. The van der Waals surface area contributed by atoms with Crippen molar-refractivity contribution in [1.29, 1.82) is 0 Å². The lowest BCUT2D eigenvalue weighted by molar-refractivity contribution is -0.159. The smallest absolute Gasteiger partial charge is 0.383 e. The molecule has 1 aliphatic rings. The van der Waals surface area contributed by atoms with Gasteiger partial charge in [0.15, 0.2) is 0 Å².